The van der Waals surface area contributed by atoms with Gasteiger partial charge in [0.05, 0.1) is 5.92 Å². The van der Waals surface area contributed by atoms with Gasteiger partial charge in [0.15, 0.2) is 0 Å². The van der Waals surface area contributed by atoms with E-state index in [1.807, 2.05) is 0 Å². The molecule has 0 rings (SSSR count). The molecular formula is C26H52NaO2. The molecule has 0 aliphatic carbocycles. The third-order valence-corrected chi connectivity index (χ3v) is 6.16. The minimum Gasteiger partial charge on any atom is -0.481 e. The Balaban J connectivity index is 0. The van der Waals surface area contributed by atoms with E-state index in [1.54, 1.807) is 0 Å². The zero-order valence-corrected chi connectivity index (χ0v) is 22.5. The minimum atomic E-state index is -0.566. The zero-order valence-electron chi connectivity index (χ0n) is 20.5. The van der Waals surface area contributed by atoms with Gasteiger partial charge in [0.1, 0.15) is 0 Å². The number of hydrogen-bond donors (Lipinski definition) is 1. The summed E-state index contributed by atoms with van der Waals surface area (Å²) in [5.41, 5.74) is 0. The van der Waals surface area contributed by atoms with Crippen molar-refractivity contribution in [1.82, 2.24) is 0 Å². The van der Waals surface area contributed by atoms with Crippen molar-refractivity contribution in [3.05, 3.63) is 0 Å². The molecule has 1 atom stereocenters. The first-order valence-electron chi connectivity index (χ1n) is 12.9. The van der Waals surface area contributed by atoms with Crippen molar-refractivity contribution in [2.75, 3.05) is 0 Å². The van der Waals surface area contributed by atoms with Crippen LogP contribution in [-0.4, -0.2) is 40.6 Å². The first-order valence-corrected chi connectivity index (χ1v) is 12.9. The van der Waals surface area contributed by atoms with Crippen LogP contribution in [0.5, 0.6) is 0 Å². The molecule has 1 N–H and O–H groups in total. The summed E-state index contributed by atoms with van der Waals surface area (Å²) in [6.07, 6.45) is 28.3. The van der Waals surface area contributed by atoms with E-state index in [0.29, 0.717) is 0 Å². The van der Waals surface area contributed by atoms with Crippen LogP contribution in [0.3, 0.4) is 0 Å². The topological polar surface area (TPSA) is 37.3 Å². The van der Waals surface area contributed by atoms with Crippen LogP contribution >= 0.6 is 0 Å². The van der Waals surface area contributed by atoms with Gasteiger partial charge in [-0.1, -0.05) is 142 Å². The fraction of sp³-hybridized carbons (Fsp3) is 0.962. The molecule has 0 amide bonds. The van der Waals surface area contributed by atoms with Gasteiger partial charge in [0.25, 0.3) is 0 Å². The second-order valence-corrected chi connectivity index (χ2v) is 8.98. The van der Waals surface area contributed by atoms with Crippen molar-refractivity contribution < 1.29 is 9.90 Å². The van der Waals surface area contributed by atoms with E-state index >= 15 is 0 Å². The molecular weight excluding hydrogens is 367 g/mol. The molecule has 0 aliphatic rings. The predicted octanol–water partition coefficient (Wildman–Crippen LogP) is 8.93. The summed E-state index contributed by atoms with van der Waals surface area (Å²) in [6, 6.07) is 0. The fourth-order valence-corrected chi connectivity index (χ4v) is 4.15. The van der Waals surface area contributed by atoms with E-state index in [4.69, 9.17) is 0 Å². The van der Waals surface area contributed by atoms with Gasteiger partial charge >= 0.3 is 5.97 Å². The normalized spacial score (nSPS) is 11.9. The molecule has 0 aliphatic heterocycles. The number of carboxylic acid groups (broad SMARTS) is 1. The first kappa shape index (κ1) is 31.7. The van der Waals surface area contributed by atoms with Gasteiger partial charge in [-0.25, -0.2) is 0 Å². The van der Waals surface area contributed by atoms with E-state index in [2.05, 4.69) is 13.8 Å². The predicted molar refractivity (Wildman–Crippen MR) is 130 cm³/mol. The van der Waals surface area contributed by atoms with Crippen molar-refractivity contribution >= 4 is 35.5 Å². The molecule has 0 fully saturated rings. The van der Waals surface area contributed by atoms with Crippen molar-refractivity contribution in [3.63, 3.8) is 0 Å². The van der Waals surface area contributed by atoms with Gasteiger partial charge in [-0.15, -0.1) is 0 Å². The second-order valence-electron chi connectivity index (χ2n) is 8.98. The Hall–Kier alpha value is 0.470. The van der Waals surface area contributed by atoms with Crippen LogP contribution in [0, 0.1) is 5.92 Å². The largest absolute Gasteiger partial charge is 0.481 e. The molecule has 0 heterocycles. The van der Waals surface area contributed by atoms with Gasteiger partial charge < -0.3 is 5.11 Å². The Morgan fingerprint density at radius 1 is 0.517 bits per heavy atom. The van der Waals surface area contributed by atoms with Crippen LogP contribution in [-0.2, 0) is 4.79 Å². The van der Waals surface area contributed by atoms with Gasteiger partial charge in [-0.05, 0) is 12.8 Å². The Morgan fingerprint density at radius 3 is 1.00 bits per heavy atom. The Bertz CT molecular complexity index is 320. The van der Waals surface area contributed by atoms with Crippen LogP contribution in [0.1, 0.15) is 155 Å². The molecule has 2 nitrogen and oxygen atoms in total. The average molecular weight is 420 g/mol. The standard InChI is InChI=1S/C26H52O2.Na/c1-3-5-7-9-11-12-13-14-15-16-17-18-20-22-24-25(26(27)28)23-21-19-10-8-6-4-2;/h25H,3-24H2,1-2H3,(H,27,28);. The first-order chi connectivity index (χ1) is 13.7. The molecule has 1 radical (unpaired) electrons. The van der Waals surface area contributed by atoms with Gasteiger partial charge in [0.2, 0.25) is 0 Å². The number of unbranched alkanes of at least 4 members (excludes halogenated alkanes) is 18. The third kappa shape index (κ3) is 24.6. The summed E-state index contributed by atoms with van der Waals surface area (Å²) in [5, 5.41) is 9.42. The molecule has 0 aromatic heterocycles. The molecule has 0 bridgehead atoms. The van der Waals surface area contributed by atoms with Crippen LogP contribution in [0.2, 0.25) is 0 Å². The van der Waals surface area contributed by atoms with Crippen molar-refractivity contribution in [2.45, 2.75) is 155 Å². The maximum absolute atomic E-state index is 11.4. The average Bonchev–Trinajstić information content (AvgIpc) is 2.68. The summed E-state index contributed by atoms with van der Waals surface area (Å²) in [7, 11) is 0. The van der Waals surface area contributed by atoms with E-state index < -0.39 is 5.97 Å². The summed E-state index contributed by atoms with van der Waals surface area (Å²) in [5.74, 6) is -0.660. The maximum atomic E-state index is 11.4. The smallest absolute Gasteiger partial charge is 0.306 e. The van der Waals surface area contributed by atoms with Crippen LogP contribution in [0.25, 0.3) is 0 Å². The van der Waals surface area contributed by atoms with Gasteiger partial charge in [-0.3, -0.25) is 4.79 Å². The monoisotopic (exact) mass is 419 g/mol. The summed E-state index contributed by atoms with van der Waals surface area (Å²) in [4.78, 5) is 11.4. The molecule has 0 saturated heterocycles. The Morgan fingerprint density at radius 2 is 0.759 bits per heavy atom. The maximum Gasteiger partial charge on any atom is 0.306 e. The molecule has 3 heteroatoms. The van der Waals surface area contributed by atoms with Gasteiger partial charge in [-0.2, -0.15) is 0 Å². The minimum absolute atomic E-state index is 0. The zero-order chi connectivity index (χ0) is 20.7. The van der Waals surface area contributed by atoms with E-state index in [0.717, 1.165) is 25.7 Å². The molecule has 0 spiro atoms. The number of hydrogen-bond acceptors (Lipinski definition) is 1. The molecule has 169 valence electrons. The molecule has 1 unspecified atom stereocenters. The summed E-state index contributed by atoms with van der Waals surface area (Å²) < 4.78 is 0. The Kier molecular flexibility index (Phi) is 28.9. The van der Waals surface area contributed by atoms with E-state index in [-0.39, 0.29) is 35.5 Å². The third-order valence-electron chi connectivity index (χ3n) is 6.16. The molecule has 0 aromatic carbocycles. The summed E-state index contributed by atoms with van der Waals surface area (Å²) in [6.45, 7) is 4.51. The number of rotatable bonds is 23. The van der Waals surface area contributed by atoms with Crippen LogP contribution < -0.4 is 0 Å². The summed E-state index contributed by atoms with van der Waals surface area (Å²) >= 11 is 0. The van der Waals surface area contributed by atoms with Crippen molar-refractivity contribution in [3.8, 4) is 0 Å². The molecule has 0 aromatic rings. The van der Waals surface area contributed by atoms with E-state index in [1.165, 1.54) is 116 Å². The molecule has 29 heavy (non-hydrogen) atoms. The number of aliphatic carboxylic acids is 1. The Labute approximate surface area is 205 Å². The van der Waals surface area contributed by atoms with Crippen LogP contribution in [0.4, 0.5) is 0 Å². The number of carbonyl (C=O) groups is 1. The molecule has 0 saturated carbocycles. The van der Waals surface area contributed by atoms with Crippen LogP contribution in [0.15, 0.2) is 0 Å². The van der Waals surface area contributed by atoms with Gasteiger partial charge in [0, 0.05) is 29.6 Å². The van der Waals surface area contributed by atoms with E-state index in [9.17, 15) is 9.90 Å². The SMILES string of the molecule is CCCCCCCCCCCCCCCCC(CCCCCCCC)C(=O)O.[Na]. The fourth-order valence-electron chi connectivity index (χ4n) is 4.15. The number of carboxylic acids is 1. The second kappa shape index (κ2) is 26.5. The van der Waals surface area contributed by atoms with Crippen molar-refractivity contribution in [2.24, 2.45) is 5.92 Å². The quantitative estimate of drug-likeness (QED) is 0.132. The van der Waals surface area contributed by atoms with Crippen molar-refractivity contribution in [1.29, 1.82) is 0 Å².